The van der Waals surface area contributed by atoms with E-state index in [1.165, 1.54) is 0 Å². The molecule has 7 heteroatoms. The molecule has 1 aromatic rings. The van der Waals surface area contributed by atoms with Crippen molar-refractivity contribution in [1.29, 1.82) is 0 Å². The number of benzene rings is 1. The average molecular weight is 379 g/mol. The topological polar surface area (TPSA) is 73.5 Å². The van der Waals surface area contributed by atoms with Gasteiger partial charge >= 0.3 is 6.03 Å². The minimum absolute atomic E-state index is 0. The summed E-state index contributed by atoms with van der Waals surface area (Å²) in [7, 11) is 0. The van der Waals surface area contributed by atoms with Gasteiger partial charge in [-0.15, -0.1) is 12.4 Å². The smallest absolute Gasteiger partial charge is 0.321 e. The van der Waals surface area contributed by atoms with Crippen molar-refractivity contribution in [2.24, 2.45) is 11.3 Å². The second-order valence-electron chi connectivity index (χ2n) is 7.53. The number of nitrogens with one attached hydrogen (secondary N) is 3. The number of nitrogens with zero attached hydrogens (tertiary/aromatic N) is 1. The summed E-state index contributed by atoms with van der Waals surface area (Å²) >= 11 is 0. The van der Waals surface area contributed by atoms with Crippen LogP contribution in [-0.4, -0.2) is 43.0 Å². The molecule has 1 spiro atoms. The first-order valence-corrected chi connectivity index (χ1v) is 9.35. The highest BCUT2D eigenvalue weighted by molar-refractivity contribution is 6.01. The molecule has 26 heavy (non-hydrogen) atoms. The van der Waals surface area contributed by atoms with Gasteiger partial charge < -0.3 is 20.9 Å². The standard InChI is InChI=1S/C19H26N4O2.ClH/c24-17(14-13-19(14)7-9-20-10-8-19)21-15-5-1-2-6-16(15)22-18(25)23-11-3-4-12-23;/h1-2,5-6,14,20H,3-4,7-13H2,(H,21,24)(H,22,25);1H. The summed E-state index contributed by atoms with van der Waals surface area (Å²) in [6.07, 6.45) is 5.27. The average Bonchev–Trinajstić information content (AvgIpc) is 3.07. The molecule has 3 fully saturated rings. The Balaban J connectivity index is 0.00000196. The van der Waals surface area contributed by atoms with E-state index in [9.17, 15) is 9.59 Å². The fourth-order valence-corrected chi connectivity index (χ4v) is 4.23. The minimum atomic E-state index is -0.0829. The van der Waals surface area contributed by atoms with Crippen molar-refractivity contribution < 1.29 is 9.59 Å². The van der Waals surface area contributed by atoms with E-state index in [-0.39, 0.29) is 35.7 Å². The Morgan fingerprint density at radius 2 is 1.65 bits per heavy atom. The quantitative estimate of drug-likeness (QED) is 0.756. The van der Waals surface area contributed by atoms with Gasteiger partial charge in [-0.1, -0.05) is 12.1 Å². The second kappa shape index (κ2) is 7.84. The van der Waals surface area contributed by atoms with E-state index < -0.39 is 0 Å². The van der Waals surface area contributed by atoms with Crippen molar-refractivity contribution in [2.75, 3.05) is 36.8 Å². The van der Waals surface area contributed by atoms with Crippen LogP contribution >= 0.6 is 12.4 Å². The van der Waals surface area contributed by atoms with Crippen molar-refractivity contribution in [1.82, 2.24) is 10.2 Å². The lowest BCUT2D eigenvalue weighted by Crippen LogP contribution is -2.33. The number of amides is 3. The summed E-state index contributed by atoms with van der Waals surface area (Å²) in [6.45, 7) is 3.62. The second-order valence-corrected chi connectivity index (χ2v) is 7.53. The number of carbonyl (C=O) groups is 2. The Bertz CT molecular complexity index is 669. The molecule has 2 saturated heterocycles. The zero-order valence-corrected chi connectivity index (χ0v) is 15.7. The molecule has 142 valence electrons. The summed E-state index contributed by atoms with van der Waals surface area (Å²) in [5.41, 5.74) is 1.58. The van der Waals surface area contributed by atoms with Gasteiger partial charge in [-0.25, -0.2) is 4.79 Å². The first-order valence-electron chi connectivity index (χ1n) is 9.35. The third kappa shape index (κ3) is 3.81. The van der Waals surface area contributed by atoms with Crippen LogP contribution in [0, 0.1) is 11.3 Å². The normalized spacial score (nSPS) is 23.2. The largest absolute Gasteiger partial charge is 0.325 e. The Labute approximate surface area is 160 Å². The molecule has 3 N–H and O–H groups in total. The number of para-hydroxylation sites is 2. The lowest BCUT2D eigenvalue weighted by atomic mass is 9.92. The maximum atomic E-state index is 12.7. The van der Waals surface area contributed by atoms with E-state index in [1.807, 2.05) is 29.2 Å². The first kappa shape index (κ1) is 19.0. The molecule has 3 aliphatic rings. The fourth-order valence-electron chi connectivity index (χ4n) is 4.23. The molecular formula is C19H27ClN4O2. The number of piperidine rings is 1. The molecule has 1 saturated carbocycles. The van der Waals surface area contributed by atoms with E-state index in [4.69, 9.17) is 0 Å². The van der Waals surface area contributed by atoms with Crippen LogP contribution in [0.1, 0.15) is 32.1 Å². The summed E-state index contributed by atoms with van der Waals surface area (Å²) in [5.74, 6) is 0.196. The van der Waals surface area contributed by atoms with Crippen LogP contribution in [0.25, 0.3) is 0 Å². The van der Waals surface area contributed by atoms with Crippen molar-refractivity contribution in [3.8, 4) is 0 Å². The summed E-state index contributed by atoms with van der Waals surface area (Å²) < 4.78 is 0. The number of rotatable bonds is 3. The highest BCUT2D eigenvalue weighted by atomic mass is 35.5. The highest BCUT2D eigenvalue weighted by Gasteiger charge is 2.57. The van der Waals surface area contributed by atoms with Gasteiger partial charge in [0.15, 0.2) is 0 Å². The van der Waals surface area contributed by atoms with E-state index >= 15 is 0 Å². The predicted octanol–water partition coefficient (Wildman–Crippen LogP) is 3.06. The molecule has 0 radical (unpaired) electrons. The lowest BCUT2D eigenvalue weighted by Gasteiger charge is -2.23. The van der Waals surface area contributed by atoms with E-state index in [0.29, 0.717) is 11.4 Å². The van der Waals surface area contributed by atoms with Crippen molar-refractivity contribution >= 4 is 35.7 Å². The van der Waals surface area contributed by atoms with Crippen molar-refractivity contribution in [2.45, 2.75) is 32.1 Å². The van der Waals surface area contributed by atoms with Crippen LogP contribution in [0.4, 0.5) is 16.2 Å². The maximum absolute atomic E-state index is 12.7. The maximum Gasteiger partial charge on any atom is 0.321 e. The van der Waals surface area contributed by atoms with Gasteiger partial charge in [0.1, 0.15) is 0 Å². The van der Waals surface area contributed by atoms with Crippen LogP contribution in [-0.2, 0) is 4.79 Å². The number of urea groups is 1. The van der Waals surface area contributed by atoms with Gasteiger partial charge in [0, 0.05) is 19.0 Å². The Morgan fingerprint density at radius 3 is 2.31 bits per heavy atom. The first-order chi connectivity index (χ1) is 12.2. The summed E-state index contributed by atoms with van der Waals surface area (Å²) in [6, 6.07) is 7.38. The molecule has 6 nitrogen and oxygen atoms in total. The Kier molecular flexibility index (Phi) is 5.73. The molecule has 0 bridgehead atoms. The highest BCUT2D eigenvalue weighted by Crippen LogP contribution is 2.58. The molecular weight excluding hydrogens is 352 g/mol. The van der Waals surface area contributed by atoms with Crippen molar-refractivity contribution in [3.05, 3.63) is 24.3 Å². The van der Waals surface area contributed by atoms with Gasteiger partial charge in [0.25, 0.3) is 0 Å². The predicted molar refractivity (Wildman–Crippen MR) is 105 cm³/mol. The van der Waals surface area contributed by atoms with E-state index in [0.717, 1.165) is 58.3 Å². The van der Waals surface area contributed by atoms with Crippen LogP contribution in [0.5, 0.6) is 0 Å². The van der Waals surface area contributed by atoms with Gasteiger partial charge in [-0.2, -0.15) is 0 Å². The number of likely N-dealkylation sites (tertiary alicyclic amines) is 1. The third-order valence-electron chi connectivity index (χ3n) is 5.93. The van der Waals surface area contributed by atoms with Crippen LogP contribution in [0.15, 0.2) is 24.3 Å². The molecule has 3 amide bonds. The zero-order chi connectivity index (χ0) is 17.3. The monoisotopic (exact) mass is 378 g/mol. The number of halogens is 1. The minimum Gasteiger partial charge on any atom is -0.325 e. The number of hydrogen-bond acceptors (Lipinski definition) is 3. The Hall–Kier alpha value is -1.79. The Morgan fingerprint density at radius 1 is 1.04 bits per heavy atom. The van der Waals surface area contributed by atoms with Crippen LogP contribution < -0.4 is 16.0 Å². The van der Waals surface area contributed by atoms with Crippen LogP contribution in [0.2, 0.25) is 0 Å². The molecule has 1 aromatic carbocycles. The zero-order valence-electron chi connectivity index (χ0n) is 14.9. The SMILES string of the molecule is Cl.O=C(Nc1ccccc1NC(=O)N1CCCC1)C1CC12CCNCC2. The third-order valence-corrected chi connectivity index (χ3v) is 5.93. The number of anilines is 2. The molecule has 0 aromatic heterocycles. The molecule has 2 heterocycles. The van der Waals surface area contributed by atoms with Gasteiger partial charge in [0.2, 0.25) is 5.91 Å². The molecule has 2 aliphatic heterocycles. The van der Waals surface area contributed by atoms with E-state index in [2.05, 4.69) is 16.0 Å². The van der Waals surface area contributed by atoms with E-state index in [1.54, 1.807) is 0 Å². The fraction of sp³-hybridized carbons (Fsp3) is 0.579. The summed E-state index contributed by atoms with van der Waals surface area (Å²) in [4.78, 5) is 26.8. The molecule has 4 rings (SSSR count). The van der Waals surface area contributed by atoms with Gasteiger partial charge in [-0.05, 0) is 62.7 Å². The van der Waals surface area contributed by atoms with Crippen molar-refractivity contribution in [3.63, 3.8) is 0 Å². The lowest BCUT2D eigenvalue weighted by molar-refractivity contribution is -0.118. The van der Waals surface area contributed by atoms with Crippen LogP contribution in [0.3, 0.4) is 0 Å². The molecule has 1 atom stereocenters. The molecule has 1 unspecified atom stereocenters. The number of carbonyl (C=O) groups excluding carboxylic acids is 2. The summed E-state index contributed by atoms with van der Waals surface area (Å²) in [5, 5.41) is 9.36. The molecule has 1 aliphatic carbocycles. The number of hydrogen-bond donors (Lipinski definition) is 3. The van der Waals surface area contributed by atoms with Gasteiger partial charge in [-0.3, -0.25) is 4.79 Å². The van der Waals surface area contributed by atoms with Gasteiger partial charge in [0.05, 0.1) is 11.4 Å².